The van der Waals surface area contributed by atoms with Gasteiger partial charge in [-0.3, -0.25) is 0 Å². The number of hydrogen-bond donors (Lipinski definition) is 0. The molecule has 0 radical (unpaired) electrons. The third-order valence-corrected chi connectivity index (χ3v) is 8.56. The Morgan fingerprint density at radius 1 is 0.839 bits per heavy atom. The predicted molar refractivity (Wildman–Crippen MR) is 114 cm³/mol. The SMILES string of the molecule is CCCC1CCC([C@@H]2CC[C@@H]3C[C@H](c4ccc(OC(F)(F)F)c(F)c4)CC[C@@H]3C2)CC1. The van der Waals surface area contributed by atoms with Crippen molar-refractivity contribution in [3.05, 3.63) is 29.6 Å². The monoisotopic (exact) mass is 440 g/mol. The summed E-state index contributed by atoms with van der Waals surface area (Å²) in [5.74, 6) is 2.82. The van der Waals surface area contributed by atoms with Gasteiger partial charge in [0.05, 0.1) is 0 Å². The van der Waals surface area contributed by atoms with Crippen LogP contribution in [0.3, 0.4) is 0 Å². The largest absolute Gasteiger partial charge is 0.573 e. The Balaban J connectivity index is 1.31. The number of halogens is 4. The quantitative estimate of drug-likeness (QED) is 0.416. The van der Waals surface area contributed by atoms with Crippen LogP contribution in [0.5, 0.6) is 5.75 Å². The zero-order valence-electron chi connectivity index (χ0n) is 18.6. The van der Waals surface area contributed by atoms with Gasteiger partial charge in [0.15, 0.2) is 11.6 Å². The molecule has 0 bridgehead atoms. The van der Waals surface area contributed by atoms with E-state index >= 15 is 0 Å². The molecule has 3 fully saturated rings. The number of hydrogen-bond acceptors (Lipinski definition) is 1. The Morgan fingerprint density at radius 3 is 2.10 bits per heavy atom. The maximum Gasteiger partial charge on any atom is 0.573 e. The number of alkyl halides is 3. The summed E-state index contributed by atoms with van der Waals surface area (Å²) < 4.78 is 55.1. The molecule has 3 saturated carbocycles. The second-order valence-electron chi connectivity index (χ2n) is 10.4. The highest BCUT2D eigenvalue weighted by atomic mass is 19.4. The van der Waals surface area contributed by atoms with Gasteiger partial charge in [0, 0.05) is 0 Å². The fourth-order valence-electron chi connectivity index (χ4n) is 6.99. The van der Waals surface area contributed by atoms with Crippen molar-refractivity contribution >= 4 is 0 Å². The second-order valence-corrected chi connectivity index (χ2v) is 10.4. The summed E-state index contributed by atoms with van der Waals surface area (Å²) >= 11 is 0. The minimum absolute atomic E-state index is 0.247. The molecule has 4 atom stereocenters. The molecule has 0 saturated heterocycles. The van der Waals surface area contributed by atoms with E-state index in [4.69, 9.17) is 0 Å². The molecule has 1 aromatic carbocycles. The number of ether oxygens (including phenoxy) is 1. The van der Waals surface area contributed by atoms with E-state index in [1.807, 2.05) is 0 Å². The van der Waals surface area contributed by atoms with Crippen molar-refractivity contribution in [1.82, 2.24) is 0 Å². The van der Waals surface area contributed by atoms with Gasteiger partial charge in [-0.05, 0) is 105 Å². The van der Waals surface area contributed by atoms with Crippen LogP contribution in [0.25, 0.3) is 0 Å². The maximum absolute atomic E-state index is 14.2. The van der Waals surface area contributed by atoms with Gasteiger partial charge in [0.25, 0.3) is 0 Å². The lowest BCUT2D eigenvalue weighted by atomic mass is 9.60. The van der Waals surface area contributed by atoms with Gasteiger partial charge in [0.1, 0.15) is 0 Å². The zero-order chi connectivity index (χ0) is 22.0. The van der Waals surface area contributed by atoms with E-state index in [0.717, 1.165) is 48.1 Å². The lowest BCUT2D eigenvalue weighted by molar-refractivity contribution is -0.275. The Kier molecular flexibility index (Phi) is 7.17. The molecule has 0 spiro atoms. The molecule has 174 valence electrons. The molecule has 3 aliphatic carbocycles. The zero-order valence-corrected chi connectivity index (χ0v) is 18.6. The standard InChI is InChI=1S/C26H36F4O/c1-2-3-17-4-6-18(7-5-17)19-8-9-21-15-22(11-10-20(21)14-19)23-12-13-25(24(27)16-23)31-26(28,29)30/h12-13,16-22H,2-11,14-15H2,1H3/t17?,18?,19-,20-,21-,22-/m1/s1. The van der Waals surface area contributed by atoms with Gasteiger partial charge in [-0.25, -0.2) is 4.39 Å². The molecule has 0 unspecified atom stereocenters. The first-order chi connectivity index (χ1) is 14.8. The fraction of sp³-hybridized carbons (Fsp3) is 0.769. The van der Waals surface area contributed by atoms with Crippen molar-refractivity contribution in [2.24, 2.45) is 29.6 Å². The van der Waals surface area contributed by atoms with Gasteiger partial charge in [-0.2, -0.15) is 0 Å². The highest BCUT2D eigenvalue weighted by molar-refractivity contribution is 5.32. The van der Waals surface area contributed by atoms with E-state index in [1.165, 1.54) is 70.3 Å². The summed E-state index contributed by atoms with van der Waals surface area (Å²) in [6.45, 7) is 2.29. The molecule has 5 heteroatoms. The molecule has 1 aromatic rings. The Bertz CT molecular complexity index is 723. The average Bonchev–Trinajstić information content (AvgIpc) is 2.74. The van der Waals surface area contributed by atoms with E-state index in [0.29, 0.717) is 5.92 Å². The average molecular weight is 441 g/mol. The topological polar surface area (TPSA) is 9.23 Å². The Labute approximate surface area is 183 Å². The molecule has 3 aliphatic rings. The lowest BCUT2D eigenvalue weighted by Gasteiger charge is -2.45. The Hall–Kier alpha value is -1.26. The van der Waals surface area contributed by atoms with Gasteiger partial charge in [0.2, 0.25) is 0 Å². The molecule has 0 aliphatic heterocycles. The van der Waals surface area contributed by atoms with E-state index < -0.39 is 17.9 Å². The summed E-state index contributed by atoms with van der Waals surface area (Å²) in [4.78, 5) is 0. The molecule has 0 heterocycles. The minimum Gasteiger partial charge on any atom is -0.403 e. The highest BCUT2D eigenvalue weighted by Crippen LogP contribution is 2.51. The van der Waals surface area contributed by atoms with Crippen molar-refractivity contribution in [2.45, 2.75) is 96.3 Å². The Morgan fingerprint density at radius 2 is 1.45 bits per heavy atom. The molecule has 0 amide bonds. The van der Waals surface area contributed by atoms with Crippen LogP contribution in [0.1, 0.15) is 95.5 Å². The summed E-state index contributed by atoms with van der Waals surface area (Å²) in [6.07, 6.45) is 10.7. The van der Waals surface area contributed by atoms with Crippen LogP contribution in [-0.2, 0) is 0 Å². The first-order valence-corrected chi connectivity index (χ1v) is 12.4. The second kappa shape index (κ2) is 9.70. The highest BCUT2D eigenvalue weighted by Gasteiger charge is 2.39. The third kappa shape index (κ3) is 5.76. The first-order valence-electron chi connectivity index (χ1n) is 12.4. The predicted octanol–water partition coefficient (Wildman–Crippen LogP) is 8.63. The smallest absolute Gasteiger partial charge is 0.403 e. The summed E-state index contributed by atoms with van der Waals surface area (Å²) in [7, 11) is 0. The van der Waals surface area contributed by atoms with Crippen LogP contribution in [0.15, 0.2) is 18.2 Å². The van der Waals surface area contributed by atoms with Crippen molar-refractivity contribution in [3.63, 3.8) is 0 Å². The van der Waals surface area contributed by atoms with Gasteiger partial charge >= 0.3 is 6.36 Å². The first kappa shape index (κ1) is 22.9. The summed E-state index contributed by atoms with van der Waals surface area (Å²) in [5, 5.41) is 0. The van der Waals surface area contributed by atoms with Gasteiger partial charge in [-0.15, -0.1) is 13.2 Å². The van der Waals surface area contributed by atoms with Crippen LogP contribution in [0, 0.1) is 35.4 Å². The number of rotatable bonds is 5. The van der Waals surface area contributed by atoms with Crippen molar-refractivity contribution < 1.29 is 22.3 Å². The normalized spacial score (nSPS) is 34.2. The molecule has 1 nitrogen and oxygen atoms in total. The minimum atomic E-state index is -4.87. The van der Waals surface area contributed by atoms with Crippen LogP contribution in [0.4, 0.5) is 17.6 Å². The van der Waals surface area contributed by atoms with Crippen molar-refractivity contribution in [1.29, 1.82) is 0 Å². The molecule has 0 aromatic heterocycles. The number of fused-ring (bicyclic) bond motifs is 1. The molecule has 4 rings (SSSR count). The van der Waals surface area contributed by atoms with E-state index in [-0.39, 0.29) is 5.92 Å². The maximum atomic E-state index is 14.2. The van der Waals surface area contributed by atoms with Crippen molar-refractivity contribution in [2.75, 3.05) is 0 Å². The fourth-order valence-corrected chi connectivity index (χ4v) is 6.99. The molecular formula is C26H36F4O. The van der Waals surface area contributed by atoms with Crippen LogP contribution >= 0.6 is 0 Å². The summed E-state index contributed by atoms with van der Waals surface area (Å²) in [5.41, 5.74) is 0.821. The van der Waals surface area contributed by atoms with Gasteiger partial charge < -0.3 is 4.74 Å². The van der Waals surface area contributed by atoms with E-state index in [2.05, 4.69) is 11.7 Å². The van der Waals surface area contributed by atoms with E-state index in [9.17, 15) is 17.6 Å². The third-order valence-electron chi connectivity index (χ3n) is 8.56. The molecular weight excluding hydrogens is 404 g/mol. The lowest BCUT2D eigenvalue weighted by Crippen LogP contribution is -2.34. The van der Waals surface area contributed by atoms with Crippen LogP contribution < -0.4 is 4.74 Å². The number of benzene rings is 1. The van der Waals surface area contributed by atoms with Crippen molar-refractivity contribution in [3.8, 4) is 5.75 Å². The van der Waals surface area contributed by atoms with Gasteiger partial charge in [-0.1, -0.05) is 38.7 Å². The molecule has 0 N–H and O–H groups in total. The molecule has 31 heavy (non-hydrogen) atoms. The summed E-state index contributed by atoms with van der Waals surface area (Å²) in [6, 6.07) is 4.01. The van der Waals surface area contributed by atoms with Crippen LogP contribution in [-0.4, -0.2) is 6.36 Å². The van der Waals surface area contributed by atoms with Crippen LogP contribution in [0.2, 0.25) is 0 Å². The van der Waals surface area contributed by atoms with E-state index in [1.54, 1.807) is 6.07 Å².